The highest BCUT2D eigenvalue weighted by Crippen LogP contribution is 2.60. The molecule has 0 saturated heterocycles. The number of benzene rings is 1. The molecule has 1 aromatic heterocycles. The maximum atomic E-state index is 7.10. The van der Waals surface area contributed by atoms with Crippen LogP contribution in [-0.4, -0.2) is 34.4 Å². The monoisotopic (exact) mass is 355 g/mol. The third-order valence-electron chi connectivity index (χ3n) is 6.96. The Balaban J connectivity index is 1.58. The molecule has 2 N–H and O–H groups in total. The summed E-state index contributed by atoms with van der Waals surface area (Å²) in [5.74, 6) is 4.77. The first-order chi connectivity index (χ1) is 12.6. The van der Waals surface area contributed by atoms with Crippen molar-refractivity contribution in [3.05, 3.63) is 24.0 Å². The van der Waals surface area contributed by atoms with Gasteiger partial charge in [0.1, 0.15) is 0 Å². The van der Waals surface area contributed by atoms with Gasteiger partial charge in [-0.15, -0.1) is 5.10 Å². The molecule has 4 saturated carbocycles. The van der Waals surface area contributed by atoms with E-state index in [4.69, 9.17) is 15.2 Å². The Labute approximate surface area is 152 Å². The molecule has 4 bridgehead atoms. The van der Waals surface area contributed by atoms with Gasteiger partial charge in [-0.1, -0.05) is 0 Å². The van der Waals surface area contributed by atoms with Gasteiger partial charge in [0.2, 0.25) is 0 Å². The third kappa shape index (κ3) is 2.13. The van der Waals surface area contributed by atoms with Gasteiger partial charge in [-0.25, -0.2) is 0 Å². The van der Waals surface area contributed by atoms with Crippen LogP contribution in [0, 0.1) is 23.7 Å². The first kappa shape index (κ1) is 16.1. The number of tetrazole rings is 1. The van der Waals surface area contributed by atoms with Crippen molar-refractivity contribution in [2.75, 3.05) is 14.2 Å². The van der Waals surface area contributed by atoms with Crippen LogP contribution in [0.25, 0.3) is 5.69 Å². The minimum Gasteiger partial charge on any atom is -0.493 e. The van der Waals surface area contributed by atoms with Gasteiger partial charge in [0.05, 0.1) is 25.4 Å². The fourth-order valence-corrected chi connectivity index (χ4v) is 5.92. The fraction of sp³-hybridized carbons (Fsp3) is 0.632. The van der Waals surface area contributed by atoms with E-state index in [-0.39, 0.29) is 0 Å². The van der Waals surface area contributed by atoms with E-state index in [1.807, 2.05) is 18.2 Å². The summed E-state index contributed by atoms with van der Waals surface area (Å²) in [6, 6.07) is 5.72. The lowest BCUT2D eigenvalue weighted by molar-refractivity contribution is -0.0633. The summed E-state index contributed by atoms with van der Waals surface area (Å²) in [5, 5.41) is 12.7. The zero-order valence-electron chi connectivity index (χ0n) is 15.3. The fourth-order valence-electron chi connectivity index (χ4n) is 5.92. The lowest BCUT2D eigenvalue weighted by atomic mass is 9.48. The van der Waals surface area contributed by atoms with Gasteiger partial charge >= 0.3 is 0 Å². The summed E-state index contributed by atoms with van der Waals surface area (Å²) in [5.41, 5.74) is 7.51. The highest BCUT2D eigenvalue weighted by Gasteiger charge is 2.58. The van der Waals surface area contributed by atoms with Crippen LogP contribution < -0.4 is 15.2 Å². The summed E-state index contributed by atoms with van der Waals surface area (Å²) < 4.78 is 12.6. The van der Waals surface area contributed by atoms with E-state index in [1.54, 1.807) is 18.9 Å². The van der Waals surface area contributed by atoms with Crippen LogP contribution in [0.1, 0.15) is 37.9 Å². The van der Waals surface area contributed by atoms with E-state index in [9.17, 15) is 0 Å². The molecule has 4 fully saturated rings. The number of hydrogen-bond donors (Lipinski definition) is 1. The molecular weight excluding hydrogens is 330 g/mol. The molecule has 0 aliphatic heterocycles. The lowest BCUT2D eigenvalue weighted by Crippen LogP contribution is -2.61. The zero-order chi connectivity index (χ0) is 17.9. The molecule has 1 aromatic carbocycles. The maximum Gasteiger partial charge on any atom is 0.177 e. The van der Waals surface area contributed by atoms with E-state index >= 15 is 0 Å². The van der Waals surface area contributed by atoms with Crippen LogP contribution in [0.3, 0.4) is 0 Å². The summed E-state index contributed by atoms with van der Waals surface area (Å²) in [4.78, 5) is 0. The molecule has 0 amide bonds. The minimum absolute atomic E-state index is 0.440. The van der Waals surface area contributed by atoms with Gasteiger partial charge in [-0.05, 0) is 78.3 Å². The quantitative estimate of drug-likeness (QED) is 0.905. The smallest absolute Gasteiger partial charge is 0.177 e. The number of aromatic nitrogens is 4. The number of methoxy groups -OCH3 is 2. The molecule has 4 aliphatic carbocycles. The van der Waals surface area contributed by atoms with E-state index in [0.29, 0.717) is 23.3 Å². The Hall–Kier alpha value is -2.15. The van der Waals surface area contributed by atoms with Gasteiger partial charge in [-0.2, -0.15) is 4.68 Å². The molecule has 7 nitrogen and oxygen atoms in total. The normalized spacial score (nSPS) is 34.9. The number of nitrogens with zero attached hydrogens (tertiary/aromatic N) is 4. The van der Waals surface area contributed by atoms with Gasteiger partial charge in [-0.3, -0.25) is 0 Å². The van der Waals surface area contributed by atoms with Crippen molar-refractivity contribution in [3.63, 3.8) is 0 Å². The Morgan fingerprint density at radius 2 is 1.65 bits per heavy atom. The molecule has 7 heteroatoms. The molecule has 1 heterocycles. The Morgan fingerprint density at radius 3 is 2.27 bits per heavy atom. The van der Waals surface area contributed by atoms with Crippen LogP contribution in [-0.2, 0) is 5.54 Å². The molecule has 0 spiro atoms. The van der Waals surface area contributed by atoms with Crippen molar-refractivity contribution in [1.82, 2.24) is 20.2 Å². The summed E-state index contributed by atoms with van der Waals surface area (Å²) >= 11 is 0. The Kier molecular flexibility index (Phi) is 3.50. The second-order valence-corrected chi connectivity index (χ2v) is 8.19. The number of ether oxygens (including phenoxy) is 2. The van der Waals surface area contributed by atoms with Crippen molar-refractivity contribution < 1.29 is 9.47 Å². The van der Waals surface area contributed by atoms with Crippen molar-refractivity contribution in [1.29, 1.82) is 0 Å². The SMILES string of the molecule is COc1ccc(-n2nnnc2C2(N)C3CC4CC(C3)CC2C4)cc1OC. The highest BCUT2D eigenvalue weighted by atomic mass is 16.5. The van der Waals surface area contributed by atoms with E-state index in [1.165, 1.54) is 32.1 Å². The number of rotatable bonds is 4. The van der Waals surface area contributed by atoms with Gasteiger partial charge in [0.25, 0.3) is 0 Å². The van der Waals surface area contributed by atoms with Gasteiger partial charge < -0.3 is 15.2 Å². The van der Waals surface area contributed by atoms with E-state index < -0.39 is 5.54 Å². The van der Waals surface area contributed by atoms with Crippen LogP contribution in [0.15, 0.2) is 18.2 Å². The van der Waals surface area contributed by atoms with Crippen LogP contribution in [0.4, 0.5) is 0 Å². The molecule has 4 aliphatic rings. The van der Waals surface area contributed by atoms with Gasteiger partial charge in [0, 0.05) is 6.07 Å². The molecule has 6 rings (SSSR count). The van der Waals surface area contributed by atoms with Crippen LogP contribution in [0.2, 0.25) is 0 Å². The first-order valence-corrected chi connectivity index (χ1v) is 9.43. The van der Waals surface area contributed by atoms with Gasteiger partial charge in [0.15, 0.2) is 17.3 Å². The largest absolute Gasteiger partial charge is 0.493 e. The van der Waals surface area contributed by atoms with E-state index in [0.717, 1.165) is 23.3 Å². The van der Waals surface area contributed by atoms with E-state index in [2.05, 4.69) is 15.5 Å². The highest BCUT2D eigenvalue weighted by molar-refractivity contribution is 5.49. The van der Waals surface area contributed by atoms with Crippen LogP contribution >= 0.6 is 0 Å². The summed E-state index contributed by atoms with van der Waals surface area (Å²) in [7, 11) is 3.26. The van der Waals surface area contributed by atoms with Crippen LogP contribution in [0.5, 0.6) is 11.5 Å². The lowest BCUT2D eigenvalue weighted by Gasteiger charge is -2.58. The van der Waals surface area contributed by atoms with Crippen molar-refractivity contribution in [3.8, 4) is 17.2 Å². The number of hydrogen-bond acceptors (Lipinski definition) is 6. The average Bonchev–Trinajstić information content (AvgIpc) is 3.15. The molecule has 2 aromatic rings. The molecule has 138 valence electrons. The molecule has 0 radical (unpaired) electrons. The van der Waals surface area contributed by atoms with Crippen molar-refractivity contribution in [2.24, 2.45) is 29.4 Å². The second kappa shape index (κ2) is 5.67. The Morgan fingerprint density at radius 1 is 1.00 bits per heavy atom. The second-order valence-electron chi connectivity index (χ2n) is 8.19. The molecule has 0 unspecified atom stereocenters. The standard InChI is InChI=1S/C19H25N5O2/c1-25-16-4-3-15(10-17(16)26-2)24-18(21-22-23-24)19(20)13-6-11-5-12(8-13)9-14(19)7-11/h3-4,10-14H,5-9,20H2,1-2H3. The maximum absolute atomic E-state index is 7.10. The third-order valence-corrected chi connectivity index (χ3v) is 6.96. The average molecular weight is 355 g/mol. The predicted octanol–water partition coefficient (Wildman–Crippen LogP) is 2.29. The van der Waals surface area contributed by atoms with Crippen molar-refractivity contribution in [2.45, 2.75) is 37.6 Å². The first-order valence-electron chi connectivity index (χ1n) is 9.43. The molecule has 26 heavy (non-hydrogen) atoms. The topological polar surface area (TPSA) is 88.1 Å². The Bertz CT molecular complexity index is 805. The zero-order valence-corrected chi connectivity index (χ0v) is 15.3. The van der Waals surface area contributed by atoms with Crippen molar-refractivity contribution >= 4 is 0 Å². The minimum atomic E-state index is -0.440. The summed E-state index contributed by atoms with van der Waals surface area (Å²) in [6.07, 6.45) is 6.23. The number of nitrogens with two attached hydrogens (primary N) is 1. The molecule has 0 atom stereocenters. The predicted molar refractivity (Wildman–Crippen MR) is 95.2 cm³/mol. The summed E-state index contributed by atoms with van der Waals surface area (Å²) in [6.45, 7) is 0. The molecular formula is C19H25N5O2.